The van der Waals surface area contributed by atoms with Gasteiger partial charge in [0.15, 0.2) is 0 Å². The summed E-state index contributed by atoms with van der Waals surface area (Å²) in [6, 6.07) is 8.13. The maximum Gasteiger partial charge on any atom is 0.271 e. The standard InChI is InChI=1S/C20H23N3O2S/c1-11-17(13(3)24)12(2)21-18(11)20(25)23-10-6-8-15(23)19-22-14-7-4-5-9-16(14)26-19/h4-5,7,9,13,15,21,24H,6,8,10H2,1-3H3/t13-,15-/m0/s1. The molecule has 0 spiro atoms. The molecule has 0 radical (unpaired) electrons. The molecule has 4 rings (SSSR count). The molecule has 1 aliphatic heterocycles. The number of H-pyrrole nitrogens is 1. The predicted octanol–water partition coefficient (Wildman–Crippen LogP) is 4.27. The third kappa shape index (κ3) is 2.73. The first kappa shape index (κ1) is 17.2. The molecule has 136 valence electrons. The number of nitrogens with one attached hydrogen (secondary N) is 1. The van der Waals surface area contributed by atoms with Gasteiger partial charge in [0.2, 0.25) is 0 Å². The van der Waals surface area contributed by atoms with Crippen LogP contribution in [0.15, 0.2) is 24.3 Å². The Bertz CT molecular complexity index is 940. The average molecular weight is 369 g/mol. The molecule has 0 saturated carbocycles. The Morgan fingerprint density at radius 2 is 2.15 bits per heavy atom. The van der Waals surface area contributed by atoms with E-state index in [0.717, 1.165) is 51.4 Å². The molecule has 5 nitrogen and oxygen atoms in total. The van der Waals surface area contributed by atoms with E-state index in [9.17, 15) is 9.90 Å². The molecule has 6 heteroatoms. The van der Waals surface area contributed by atoms with Gasteiger partial charge in [-0.1, -0.05) is 12.1 Å². The molecular formula is C20H23N3O2S. The van der Waals surface area contributed by atoms with E-state index in [1.54, 1.807) is 18.3 Å². The molecule has 1 saturated heterocycles. The number of thiazole rings is 1. The normalized spacial score (nSPS) is 18.6. The Labute approximate surface area is 156 Å². The Hall–Kier alpha value is -2.18. The van der Waals surface area contributed by atoms with Crippen LogP contribution in [0.4, 0.5) is 0 Å². The monoisotopic (exact) mass is 369 g/mol. The van der Waals surface area contributed by atoms with Crippen LogP contribution in [0.2, 0.25) is 0 Å². The van der Waals surface area contributed by atoms with Crippen LogP contribution in [0.3, 0.4) is 0 Å². The van der Waals surface area contributed by atoms with Crippen LogP contribution in [-0.2, 0) is 0 Å². The smallest absolute Gasteiger partial charge is 0.271 e. The quantitative estimate of drug-likeness (QED) is 0.724. The van der Waals surface area contributed by atoms with Gasteiger partial charge in [0, 0.05) is 17.8 Å². The van der Waals surface area contributed by atoms with E-state index in [2.05, 4.69) is 11.1 Å². The summed E-state index contributed by atoms with van der Waals surface area (Å²) >= 11 is 1.67. The second kappa shape index (κ2) is 6.52. The minimum Gasteiger partial charge on any atom is -0.389 e. The number of aliphatic hydroxyl groups excluding tert-OH is 1. The van der Waals surface area contributed by atoms with Crippen molar-refractivity contribution in [3.8, 4) is 0 Å². The number of aryl methyl sites for hydroxylation is 1. The van der Waals surface area contributed by atoms with Crippen LogP contribution in [0.1, 0.15) is 64.2 Å². The second-order valence-electron chi connectivity index (χ2n) is 7.02. The van der Waals surface area contributed by atoms with E-state index in [4.69, 9.17) is 4.98 Å². The van der Waals surface area contributed by atoms with Crippen LogP contribution in [0.25, 0.3) is 10.2 Å². The van der Waals surface area contributed by atoms with Crippen molar-refractivity contribution in [3.63, 3.8) is 0 Å². The van der Waals surface area contributed by atoms with Gasteiger partial charge in [-0.25, -0.2) is 4.98 Å². The van der Waals surface area contributed by atoms with Crippen molar-refractivity contribution < 1.29 is 9.90 Å². The summed E-state index contributed by atoms with van der Waals surface area (Å²) in [5.41, 5.74) is 4.11. The van der Waals surface area contributed by atoms with E-state index in [-0.39, 0.29) is 11.9 Å². The zero-order valence-electron chi connectivity index (χ0n) is 15.2. The number of benzene rings is 1. The Balaban J connectivity index is 1.68. The first-order valence-corrected chi connectivity index (χ1v) is 9.82. The predicted molar refractivity (Wildman–Crippen MR) is 104 cm³/mol. The molecule has 3 aromatic rings. The summed E-state index contributed by atoms with van der Waals surface area (Å²) in [6.45, 7) is 6.28. The summed E-state index contributed by atoms with van der Waals surface area (Å²) in [6.07, 6.45) is 1.33. The van der Waals surface area contributed by atoms with E-state index in [0.29, 0.717) is 5.69 Å². The minimum absolute atomic E-state index is 0.000689. The van der Waals surface area contributed by atoms with Crippen LogP contribution in [-0.4, -0.2) is 32.4 Å². The van der Waals surface area contributed by atoms with Gasteiger partial charge in [-0.2, -0.15) is 0 Å². The molecule has 0 bridgehead atoms. The number of rotatable bonds is 3. The van der Waals surface area contributed by atoms with Gasteiger partial charge in [-0.3, -0.25) is 4.79 Å². The number of carbonyl (C=O) groups excluding carboxylic acids is 1. The van der Waals surface area contributed by atoms with Gasteiger partial charge in [0.1, 0.15) is 10.7 Å². The number of likely N-dealkylation sites (tertiary alicyclic amines) is 1. The number of aliphatic hydroxyl groups is 1. The van der Waals surface area contributed by atoms with Crippen LogP contribution >= 0.6 is 11.3 Å². The van der Waals surface area contributed by atoms with Crippen molar-refractivity contribution in [1.82, 2.24) is 14.9 Å². The summed E-state index contributed by atoms with van der Waals surface area (Å²) in [5, 5.41) is 11.0. The minimum atomic E-state index is -0.591. The fourth-order valence-electron chi connectivity index (χ4n) is 4.05. The molecule has 0 unspecified atom stereocenters. The highest BCUT2D eigenvalue weighted by atomic mass is 32.1. The van der Waals surface area contributed by atoms with E-state index in [1.807, 2.05) is 36.9 Å². The maximum absolute atomic E-state index is 13.2. The van der Waals surface area contributed by atoms with Gasteiger partial charge in [0.25, 0.3) is 5.91 Å². The molecule has 26 heavy (non-hydrogen) atoms. The molecule has 2 N–H and O–H groups in total. The lowest BCUT2D eigenvalue weighted by Crippen LogP contribution is -2.31. The third-order valence-electron chi connectivity index (χ3n) is 5.24. The molecule has 1 fully saturated rings. The number of para-hydroxylation sites is 1. The van der Waals surface area contributed by atoms with Gasteiger partial charge in [-0.05, 0) is 51.3 Å². The number of aromatic amines is 1. The summed E-state index contributed by atoms with van der Waals surface area (Å²) in [7, 11) is 0. The van der Waals surface area contributed by atoms with Crippen molar-refractivity contribution in [2.24, 2.45) is 0 Å². The first-order valence-electron chi connectivity index (χ1n) is 9.01. The molecule has 1 aliphatic rings. The number of hydrogen-bond donors (Lipinski definition) is 2. The Morgan fingerprint density at radius 1 is 1.38 bits per heavy atom. The largest absolute Gasteiger partial charge is 0.389 e. The molecule has 2 aromatic heterocycles. The zero-order chi connectivity index (χ0) is 18.4. The van der Waals surface area contributed by atoms with Crippen molar-refractivity contribution in [3.05, 3.63) is 51.8 Å². The number of nitrogens with zero attached hydrogens (tertiary/aromatic N) is 2. The first-order chi connectivity index (χ1) is 12.5. The summed E-state index contributed by atoms with van der Waals surface area (Å²) in [5.74, 6) is -0.000689. The molecule has 1 amide bonds. The second-order valence-corrected chi connectivity index (χ2v) is 8.08. The van der Waals surface area contributed by atoms with Gasteiger partial charge < -0.3 is 15.0 Å². The summed E-state index contributed by atoms with van der Waals surface area (Å²) < 4.78 is 1.16. The highest BCUT2D eigenvalue weighted by Crippen LogP contribution is 2.38. The number of hydrogen-bond acceptors (Lipinski definition) is 4. The van der Waals surface area contributed by atoms with E-state index < -0.39 is 6.10 Å². The average Bonchev–Trinajstić information content (AvgIpc) is 3.29. The van der Waals surface area contributed by atoms with Gasteiger partial charge >= 0.3 is 0 Å². The van der Waals surface area contributed by atoms with Crippen LogP contribution in [0.5, 0.6) is 0 Å². The molecule has 0 aliphatic carbocycles. The fraction of sp³-hybridized carbons (Fsp3) is 0.400. The number of fused-ring (bicyclic) bond motifs is 1. The van der Waals surface area contributed by atoms with Gasteiger partial charge in [-0.15, -0.1) is 11.3 Å². The molecule has 3 heterocycles. The van der Waals surface area contributed by atoms with Crippen molar-refractivity contribution in [2.75, 3.05) is 6.54 Å². The summed E-state index contributed by atoms with van der Waals surface area (Å²) in [4.78, 5) is 23.1. The van der Waals surface area contributed by atoms with E-state index >= 15 is 0 Å². The number of amides is 1. The van der Waals surface area contributed by atoms with Gasteiger partial charge in [0.05, 0.1) is 22.4 Å². The lowest BCUT2D eigenvalue weighted by molar-refractivity contribution is 0.0729. The highest BCUT2D eigenvalue weighted by molar-refractivity contribution is 7.18. The van der Waals surface area contributed by atoms with E-state index in [1.165, 1.54) is 0 Å². The van der Waals surface area contributed by atoms with Crippen molar-refractivity contribution >= 4 is 27.5 Å². The molecular weight excluding hydrogens is 346 g/mol. The Morgan fingerprint density at radius 3 is 2.85 bits per heavy atom. The lowest BCUT2D eigenvalue weighted by Gasteiger charge is -2.23. The SMILES string of the molecule is Cc1[nH]c(C(=O)N2CCC[C@H]2c2nc3ccccc3s2)c(C)c1[C@H](C)O. The fourth-order valence-corrected chi connectivity index (χ4v) is 5.16. The highest BCUT2D eigenvalue weighted by Gasteiger charge is 2.34. The molecule has 2 atom stereocenters. The molecule has 1 aromatic carbocycles. The number of aromatic nitrogens is 2. The van der Waals surface area contributed by atoms with Crippen molar-refractivity contribution in [2.45, 2.75) is 45.8 Å². The van der Waals surface area contributed by atoms with Crippen LogP contribution < -0.4 is 0 Å². The number of carbonyl (C=O) groups is 1. The van der Waals surface area contributed by atoms with Crippen LogP contribution in [0, 0.1) is 13.8 Å². The third-order valence-corrected chi connectivity index (χ3v) is 6.37. The lowest BCUT2D eigenvalue weighted by atomic mass is 10.1. The Kier molecular flexibility index (Phi) is 4.32. The zero-order valence-corrected chi connectivity index (χ0v) is 16.1. The van der Waals surface area contributed by atoms with Crippen molar-refractivity contribution in [1.29, 1.82) is 0 Å². The maximum atomic E-state index is 13.2. The topological polar surface area (TPSA) is 69.2 Å².